The fourth-order valence-corrected chi connectivity index (χ4v) is 1.23. The van der Waals surface area contributed by atoms with Crippen LogP contribution in [-0.4, -0.2) is 23.4 Å². The molecule has 72 valence electrons. The predicted molar refractivity (Wildman–Crippen MR) is 50.9 cm³/mol. The summed E-state index contributed by atoms with van der Waals surface area (Å²) in [5.74, 6) is 0. The summed E-state index contributed by atoms with van der Waals surface area (Å²) in [6.07, 6.45) is 5.54. The maximum Gasteiger partial charge on any atom is 0.0509 e. The van der Waals surface area contributed by atoms with Crippen molar-refractivity contribution < 1.29 is 10.2 Å². The second kappa shape index (κ2) is 6.21. The first kappa shape index (κ1) is 11.7. The van der Waals surface area contributed by atoms with Gasteiger partial charge in [-0.3, -0.25) is 0 Å². The first-order valence-corrected chi connectivity index (χ1v) is 4.57. The summed E-state index contributed by atoms with van der Waals surface area (Å²) in [6.45, 7) is 5.79. The van der Waals surface area contributed by atoms with E-state index in [2.05, 4.69) is 6.58 Å². The molecule has 12 heavy (non-hydrogen) atoms. The molecule has 0 fully saturated rings. The molecule has 0 radical (unpaired) electrons. The Morgan fingerprint density at radius 3 is 2.25 bits per heavy atom. The van der Waals surface area contributed by atoms with Gasteiger partial charge in [0.1, 0.15) is 0 Å². The van der Waals surface area contributed by atoms with Crippen LogP contribution in [0.25, 0.3) is 0 Å². The average Bonchev–Trinajstić information content (AvgIpc) is 2.14. The smallest absolute Gasteiger partial charge is 0.0509 e. The highest BCUT2D eigenvalue weighted by Crippen LogP contribution is 2.27. The number of hydrogen-bond donors (Lipinski definition) is 2. The summed E-state index contributed by atoms with van der Waals surface area (Å²) in [7, 11) is 0. The lowest BCUT2D eigenvalue weighted by Gasteiger charge is -2.27. The van der Waals surface area contributed by atoms with Crippen LogP contribution in [0.1, 0.15) is 32.6 Å². The molecule has 0 heterocycles. The Hall–Kier alpha value is -0.340. The molecule has 2 N–H and O–H groups in total. The van der Waals surface area contributed by atoms with Gasteiger partial charge in [0.05, 0.1) is 13.2 Å². The Balaban J connectivity index is 3.84. The van der Waals surface area contributed by atoms with E-state index in [1.54, 1.807) is 0 Å². The van der Waals surface area contributed by atoms with Gasteiger partial charge in [0, 0.05) is 5.41 Å². The zero-order valence-corrected chi connectivity index (χ0v) is 7.92. The molecule has 0 rings (SSSR count). The van der Waals surface area contributed by atoms with Gasteiger partial charge in [-0.15, -0.1) is 6.58 Å². The number of unbranched alkanes of at least 4 members (excludes halogenated alkanes) is 1. The Morgan fingerprint density at radius 1 is 1.33 bits per heavy atom. The lowest BCUT2D eigenvalue weighted by Crippen LogP contribution is -2.28. The van der Waals surface area contributed by atoms with Crippen LogP contribution in [0.2, 0.25) is 0 Å². The number of rotatable bonds is 7. The summed E-state index contributed by atoms with van der Waals surface area (Å²) in [6, 6.07) is 0. The van der Waals surface area contributed by atoms with Crippen LogP contribution in [0.3, 0.4) is 0 Å². The fraction of sp³-hybridized carbons (Fsp3) is 0.800. The third-order valence-corrected chi connectivity index (χ3v) is 2.54. The third kappa shape index (κ3) is 3.37. The molecular weight excluding hydrogens is 152 g/mol. The normalized spacial score (nSPS) is 11.6. The zero-order valence-electron chi connectivity index (χ0n) is 7.92. The molecular formula is C10H20O2. The van der Waals surface area contributed by atoms with E-state index in [-0.39, 0.29) is 18.6 Å². The lowest BCUT2D eigenvalue weighted by atomic mass is 9.82. The van der Waals surface area contributed by atoms with Gasteiger partial charge in [0.2, 0.25) is 0 Å². The average molecular weight is 172 g/mol. The summed E-state index contributed by atoms with van der Waals surface area (Å²) in [5, 5.41) is 18.2. The van der Waals surface area contributed by atoms with Crippen molar-refractivity contribution in [1.29, 1.82) is 0 Å². The molecule has 0 aliphatic rings. The summed E-state index contributed by atoms with van der Waals surface area (Å²) < 4.78 is 0. The molecule has 0 saturated heterocycles. The number of allylic oxidation sites excluding steroid dienone is 1. The summed E-state index contributed by atoms with van der Waals surface area (Å²) in [5.41, 5.74) is -0.261. The molecule has 0 spiro atoms. The maximum absolute atomic E-state index is 9.09. The van der Waals surface area contributed by atoms with E-state index in [0.29, 0.717) is 0 Å². The van der Waals surface area contributed by atoms with Crippen LogP contribution in [0, 0.1) is 5.41 Å². The predicted octanol–water partition coefficient (Wildman–Crippen LogP) is 1.72. The van der Waals surface area contributed by atoms with Crippen LogP contribution < -0.4 is 0 Å². The molecule has 0 unspecified atom stereocenters. The summed E-state index contributed by atoms with van der Waals surface area (Å²) >= 11 is 0. The van der Waals surface area contributed by atoms with Crippen molar-refractivity contribution in [2.45, 2.75) is 32.6 Å². The van der Waals surface area contributed by atoms with Gasteiger partial charge in [0.15, 0.2) is 0 Å². The van der Waals surface area contributed by atoms with E-state index in [4.69, 9.17) is 10.2 Å². The largest absolute Gasteiger partial charge is 0.396 e. The number of hydrogen-bond acceptors (Lipinski definition) is 2. The van der Waals surface area contributed by atoms with Crippen molar-refractivity contribution in [3.05, 3.63) is 12.7 Å². The minimum absolute atomic E-state index is 0.0805. The number of aliphatic hydroxyl groups excluding tert-OH is 2. The van der Waals surface area contributed by atoms with Crippen molar-refractivity contribution in [3.63, 3.8) is 0 Å². The van der Waals surface area contributed by atoms with E-state index in [0.717, 1.165) is 25.7 Å². The van der Waals surface area contributed by atoms with Crippen molar-refractivity contribution >= 4 is 0 Å². The molecule has 0 atom stereocenters. The van der Waals surface area contributed by atoms with Crippen molar-refractivity contribution in [2.24, 2.45) is 5.41 Å². The topological polar surface area (TPSA) is 40.5 Å². The lowest BCUT2D eigenvalue weighted by molar-refractivity contribution is 0.0424. The van der Waals surface area contributed by atoms with E-state index >= 15 is 0 Å². The first-order valence-electron chi connectivity index (χ1n) is 4.57. The highest BCUT2D eigenvalue weighted by molar-refractivity contribution is 4.78. The Bertz CT molecular complexity index is 109. The SMILES string of the molecule is C=CCCCC(CC)(CO)CO. The van der Waals surface area contributed by atoms with Crippen molar-refractivity contribution in [2.75, 3.05) is 13.2 Å². The van der Waals surface area contributed by atoms with Gasteiger partial charge in [-0.2, -0.15) is 0 Å². The van der Waals surface area contributed by atoms with Crippen molar-refractivity contribution in [1.82, 2.24) is 0 Å². The molecule has 0 aliphatic carbocycles. The van der Waals surface area contributed by atoms with Gasteiger partial charge in [0.25, 0.3) is 0 Å². The Morgan fingerprint density at radius 2 is 1.92 bits per heavy atom. The third-order valence-electron chi connectivity index (χ3n) is 2.54. The molecule has 0 aromatic carbocycles. The molecule has 0 saturated carbocycles. The van der Waals surface area contributed by atoms with Crippen LogP contribution in [0.15, 0.2) is 12.7 Å². The van der Waals surface area contributed by atoms with Crippen molar-refractivity contribution in [3.8, 4) is 0 Å². The van der Waals surface area contributed by atoms with E-state index in [9.17, 15) is 0 Å². The Labute approximate surface area is 74.9 Å². The van der Waals surface area contributed by atoms with Gasteiger partial charge >= 0.3 is 0 Å². The van der Waals surface area contributed by atoms with E-state index < -0.39 is 0 Å². The molecule has 0 aromatic rings. The second-order valence-electron chi connectivity index (χ2n) is 3.35. The van der Waals surface area contributed by atoms with Gasteiger partial charge in [-0.1, -0.05) is 13.0 Å². The van der Waals surface area contributed by atoms with E-state index in [1.165, 1.54) is 0 Å². The van der Waals surface area contributed by atoms with Gasteiger partial charge < -0.3 is 10.2 Å². The molecule has 2 nitrogen and oxygen atoms in total. The molecule has 2 heteroatoms. The minimum atomic E-state index is -0.261. The van der Waals surface area contributed by atoms with Crippen LogP contribution in [0.5, 0.6) is 0 Å². The van der Waals surface area contributed by atoms with Gasteiger partial charge in [-0.05, 0) is 25.7 Å². The maximum atomic E-state index is 9.09. The van der Waals surface area contributed by atoms with Crippen LogP contribution >= 0.6 is 0 Å². The molecule has 0 aromatic heterocycles. The Kier molecular flexibility index (Phi) is 6.03. The zero-order chi connectivity index (χ0) is 9.45. The first-order chi connectivity index (χ1) is 5.74. The fourth-order valence-electron chi connectivity index (χ4n) is 1.23. The summed E-state index contributed by atoms with van der Waals surface area (Å²) in [4.78, 5) is 0. The monoisotopic (exact) mass is 172 g/mol. The standard InChI is InChI=1S/C10H20O2/c1-3-5-6-7-10(4-2,8-11)9-12/h3,11-12H,1,4-9H2,2H3. The number of aliphatic hydroxyl groups is 2. The minimum Gasteiger partial charge on any atom is -0.396 e. The molecule has 0 aliphatic heterocycles. The van der Waals surface area contributed by atoms with E-state index in [1.807, 2.05) is 13.0 Å². The highest BCUT2D eigenvalue weighted by Gasteiger charge is 2.25. The second-order valence-corrected chi connectivity index (χ2v) is 3.35. The highest BCUT2D eigenvalue weighted by atomic mass is 16.3. The van der Waals surface area contributed by atoms with Crippen LogP contribution in [0.4, 0.5) is 0 Å². The van der Waals surface area contributed by atoms with Gasteiger partial charge in [-0.25, -0.2) is 0 Å². The molecule has 0 bridgehead atoms. The quantitative estimate of drug-likeness (QED) is 0.453. The molecule has 0 amide bonds. The van der Waals surface area contributed by atoms with Crippen LogP contribution in [-0.2, 0) is 0 Å².